The highest BCUT2D eigenvalue weighted by Gasteiger charge is 2.17. The summed E-state index contributed by atoms with van der Waals surface area (Å²) >= 11 is 1.73. The van der Waals surface area contributed by atoms with Crippen molar-refractivity contribution in [2.45, 2.75) is 30.8 Å². The number of benzene rings is 3. The van der Waals surface area contributed by atoms with Gasteiger partial charge in [0.05, 0.1) is 7.11 Å². The molecule has 4 nitrogen and oxygen atoms in total. The molecule has 0 aliphatic rings. The molecule has 0 N–H and O–H groups in total. The van der Waals surface area contributed by atoms with Crippen LogP contribution < -0.4 is 4.74 Å². The molecule has 142 valence electrons. The quantitative estimate of drug-likeness (QED) is 0.380. The van der Waals surface area contributed by atoms with Crippen LogP contribution in [0.5, 0.6) is 5.75 Å². The largest absolute Gasteiger partial charge is 0.497 e. The first-order chi connectivity index (χ1) is 13.7. The highest BCUT2D eigenvalue weighted by molar-refractivity contribution is 7.98. The van der Waals surface area contributed by atoms with Gasteiger partial charge in [-0.05, 0) is 54.4 Å². The third-order valence-corrected chi connectivity index (χ3v) is 5.76. The second kappa shape index (κ2) is 8.07. The fourth-order valence-corrected chi connectivity index (χ4v) is 4.41. The zero-order valence-electron chi connectivity index (χ0n) is 16.3. The number of hydrogen-bond donors (Lipinski definition) is 0. The standard InChI is InChI=1S/C23H23N3OS/c1-16(2)26-22(18-11-13-20(27-3)14-12-18)24-25-23(26)28-15-19-9-6-8-17-7-4-5-10-21(17)19/h4-14,16H,15H2,1-3H3. The second-order valence-corrected chi connectivity index (χ2v) is 7.87. The van der Waals surface area contributed by atoms with Gasteiger partial charge < -0.3 is 4.74 Å². The van der Waals surface area contributed by atoms with Crippen LogP contribution in [0.25, 0.3) is 22.2 Å². The molecule has 0 unspecified atom stereocenters. The molecule has 0 aliphatic carbocycles. The van der Waals surface area contributed by atoms with E-state index in [9.17, 15) is 0 Å². The van der Waals surface area contributed by atoms with Crippen molar-refractivity contribution in [3.8, 4) is 17.1 Å². The topological polar surface area (TPSA) is 39.9 Å². The summed E-state index contributed by atoms with van der Waals surface area (Å²) in [5.74, 6) is 2.58. The molecular formula is C23H23N3OS. The van der Waals surface area contributed by atoms with Crippen LogP contribution in [0.15, 0.2) is 71.9 Å². The zero-order chi connectivity index (χ0) is 19.5. The maximum atomic E-state index is 5.26. The highest BCUT2D eigenvalue weighted by Crippen LogP contribution is 2.31. The summed E-state index contributed by atoms with van der Waals surface area (Å²) in [6.45, 7) is 4.33. The average Bonchev–Trinajstić information content (AvgIpc) is 3.16. The van der Waals surface area contributed by atoms with Gasteiger partial charge in [0.2, 0.25) is 0 Å². The molecule has 0 aliphatic heterocycles. The predicted molar refractivity (Wildman–Crippen MR) is 116 cm³/mol. The van der Waals surface area contributed by atoms with Crippen molar-refractivity contribution >= 4 is 22.5 Å². The molecule has 4 rings (SSSR count). The van der Waals surface area contributed by atoms with Gasteiger partial charge in [-0.25, -0.2) is 0 Å². The lowest BCUT2D eigenvalue weighted by atomic mass is 10.1. The Bertz CT molecular complexity index is 1080. The molecule has 3 aromatic carbocycles. The number of hydrogen-bond acceptors (Lipinski definition) is 4. The van der Waals surface area contributed by atoms with Crippen molar-refractivity contribution in [3.63, 3.8) is 0 Å². The Kier molecular flexibility index (Phi) is 5.35. The minimum Gasteiger partial charge on any atom is -0.497 e. The van der Waals surface area contributed by atoms with E-state index >= 15 is 0 Å². The Morgan fingerprint density at radius 2 is 1.68 bits per heavy atom. The van der Waals surface area contributed by atoms with E-state index in [1.807, 2.05) is 24.3 Å². The predicted octanol–water partition coefficient (Wildman–Crippen LogP) is 5.98. The van der Waals surface area contributed by atoms with Crippen molar-refractivity contribution in [1.29, 1.82) is 0 Å². The van der Waals surface area contributed by atoms with E-state index in [0.29, 0.717) is 0 Å². The zero-order valence-corrected chi connectivity index (χ0v) is 17.1. The van der Waals surface area contributed by atoms with E-state index in [-0.39, 0.29) is 6.04 Å². The second-order valence-electron chi connectivity index (χ2n) is 6.93. The molecular weight excluding hydrogens is 366 g/mol. The number of aromatic nitrogens is 3. The van der Waals surface area contributed by atoms with E-state index in [0.717, 1.165) is 28.0 Å². The van der Waals surface area contributed by atoms with Gasteiger partial charge in [0.1, 0.15) is 5.75 Å². The van der Waals surface area contributed by atoms with Crippen molar-refractivity contribution in [1.82, 2.24) is 14.8 Å². The fraction of sp³-hybridized carbons (Fsp3) is 0.217. The van der Waals surface area contributed by atoms with E-state index in [4.69, 9.17) is 4.74 Å². The Balaban J connectivity index is 1.63. The maximum Gasteiger partial charge on any atom is 0.192 e. The summed E-state index contributed by atoms with van der Waals surface area (Å²) in [6, 6.07) is 23.2. The lowest BCUT2D eigenvalue weighted by Gasteiger charge is -2.14. The third-order valence-electron chi connectivity index (χ3n) is 4.77. The lowest BCUT2D eigenvalue weighted by molar-refractivity contribution is 0.415. The van der Waals surface area contributed by atoms with Gasteiger partial charge in [-0.2, -0.15) is 0 Å². The van der Waals surface area contributed by atoms with Gasteiger partial charge in [-0.15, -0.1) is 10.2 Å². The van der Waals surface area contributed by atoms with Crippen LogP contribution in [0.4, 0.5) is 0 Å². The molecule has 1 heterocycles. The summed E-state index contributed by atoms with van der Waals surface area (Å²) < 4.78 is 7.47. The molecule has 0 spiro atoms. The van der Waals surface area contributed by atoms with Crippen molar-refractivity contribution in [2.24, 2.45) is 0 Å². The lowest BCUT2D eigenvalue weighted by Crippen LogP contribution is -2.05. The molecule has 0 amide bonds. The molecule has 0 saturated carbocycles. The molecule has 5 heteroatoms. The Morgan fingerprint density at radius 1 is 0.929 bits per heavy atom. The van der Waals surface area contributed by atoms with Crippen LogP contribution in [0.3, 0.4) is 0 Å². The van der Waals surface area contributed by atoms with Crippen LogP contribution in [0.2, 0.25) is 0 Å². The molecule has 4 aromatic rings. The van der Waals surface area contributed by atoms with Crippen LogP contribution in [-0.4, -0.2) is 21.9 Å². The number of ether oxygens (including phenoxy) is 1. The summed E-state index contributed by atoms with van der Waals surface area (Å²) in [7, 11) is 1.67. The first kappa shape index (κ1) is 18.6. The summed E-state index contributed by atoms with van der Waals surface area (Å²) in [6.07, 6.45) is 0. The number of nitrogens with zero attached hydrogens (tertiary/aromatic N) is 3. The average molecular weight is 390 g/mol. The highest BCUT2D eigenvalue weighted by atomic mass is 32.2. The van der Waals surface area contributed by atoms with Gasteiger partial charge in [-0.1, -0.05) is 54.2 Å². The number of methoxy groups -OCH3 is 1. The summed E-state index contributed by atoms with van der Waals surface area (Å²) in [4.78, 5) is 0. The fourth-order valence-electron chi connectivity index (χ4n) is 3.34. The molecule has 0 radical (unpaired) electrons. The van der Waals surface area contributed by atoms with Crippen molar-refractivity contribution < 1.29 is 4.74 Å². The molecule has 0 bridgehead atoms. The van der Waals surface area contributed by atoms with Gasteiger partial charge in [-0.3, -0.25) is 4.57 Å². The monoisotopic (exact) mass is 389 g/mol. The van der Waals surface area contributed by atoms with Crippen LogP contribution in [0, 0.1) is 0 Å². The third kappa shape index (κ3) is 3.62. The van der Waals surface area contributed by atoms with Crippen molar-refractivity contribution in [2.75, 3.05) is 7.11 Å². The van der Waals surface area contributed by atoms with Gasteiger partial charge >= 0.3 is 0 Å². The molecule has 0 saturated heterocycles. The van der Waals surface area contributed by atoms with Crippen LogP contribution >= 0.6 is 11.8 Å². The van der Waals surface area contributed by atoms with E-state index in [2.05, 4.69) is 71.1 Å². The van der Waals surface area contributed by atoms with E-state index in [1.54, 1.807) is 18.9 Å². The number of thioether (sulfide) groups is 1. The Morgan fingerprint density at radius 3 is 2.43 bits per heavy atom. The Hall–Kier alpha value is -2.79. The van der Waals surface area contributed by atoms with Gasteiger partial charge in [0.15, 0.2) is 11.0 Å². The smallest absolute Gasteiger partial charge is 0.192 e. The van der Waals surface area contributed by atoms with E-state index in [1.165, 1.54) is 16.3 Å². The summed E-state index contributed by atoms with van der Waals surface area (Å²) in [5.41, 5.74) is 2.35. The number of fused-ring (bicyclic) bond motifs is 1. The van der Waals surface area contributed by atoms with Crippen molar-refractivity contribution in [3.05, 3.63) is 72.3 Å². The maximum absolute atomic E-state index is 5.26. The van der Waals surface area contributed by atoms with Gasteiger partial charge in [0, 0.05) is 17.4 Å². The molecule has 1 aromatic heterocycles. The van der Waals surface area contributed by atoms with Gasteiger partial charge in [0.25, 0.3) is 0 Å². The first-order valence-corrected chi connectivity index (χ1v) is 10.3. The minimum absolute atomic E-state index is 0.266. The minimum atomic E-state index is 0.266. The summed E-state index contributed by atoms with van der Waals surface area (Å²) in [5, 5.41) is 12.5. The molecule has 0 atom stereocenters. The molecule has 0 fully saturated rings. The Labute approximate surface area is 169 Å². The molecule has 28 heavy (non-hydrogen) atoms. The van der Waals surface area contributed by atoms with E-state index < -0.39 is 0 Å². The normalized spacial score (nSPS) is 11.3. The SMILES string of the molecule is COc1ccc(-c2nnc(SCc3cccc4ccccc34)n2C(C)C)cc1. The first-order valence-electron chi connectivity index (χ1n) is 9.36. The number of rotatable bonds is 6. The van der Waals surface area contributed by atoms with Crippen LogP contribution in [-0.2, 0) is 5.75 Å². The van der Waals surface area contributed by atoms with Crippen LogP contribution in [0.1, 0.15) is 25.5 Å².